The second kappa shape index (κ2) is 9.43. The molecule has 1 amide bonds. The van der Waals surface area contributed by atoms with Crippen molar-refractivity contribution >= 4 is 18.0 Å². The van der Waals surface area contributed by atoms with E-state index in [1.807, 2.05) is 13.0 Å². The molecule has 1 aromatic heterocycles. The lowest BCUT2D eigenvalue weighted by Crippen LogP contribution is -2.26. The van der Waals surface area contributed by atoms with Crippen LogP contribution in [0.1, 0.15) is 35.2 Å². The van der Waals surface area contributed by atoms with Crippen LogP contribution >= 0.6 is 0 Å². The van der Waals surface area contributed by atoms with Gasteiger partial charge in [0, 0.05) is 25.8 Å². The van der Waals surface area contributed by atoms with Crippen LogP contribution in [0.25, 0.3) is 6.08 Å². The molecule has 1 aromatic rings. The summed E-state index contributed by atoms with van der Waals surface area (Å²) in [6, 6.07) is 3.25. The molecule has 0 saturated heterocycles. The molecule has 0 atom stereocenters. The van der Waals surface area contributed by atoms with Gasteiger partial charge < -0.3 is 19.2 Å². The number of nitrogens with one attached hydrogen (secondary N) is 1. The maximum absolute atomic E-state index is 11.9. The smallest absolute Gasteiger partial charge is 0.341 e. The van der Waals surface area contributed by atoms with Crippen LogP contribution in [0.4, 0.5) is 0 Å². The van der Waals surface area contributed by atoms with E-state index < -0.39 is 11.9 Å². The van der Waals surface area contributed by atoms with Crippen molar-refractivity contribution in [3.8, 4) is 6.07 Å². The van der Waals surface area contributed by atoms with Gasteiger partial charge in [0.25, 0.3) is 5.91 Å². The summed E-state index contributed by atoms with van der Waals surface area (Å²) in [6.45, 7) is 5.06. The number of esters is 1. The molecule has 0 aliphatic rings. The molecule has 0 radical (unpaired) electrons. The summed E-state index contributed by atoms with van der Waals surface area (Å²) >= 11 is 0. The molecule has 124 valence electrons. The number of furan rings is 1. The molecule has 0 saturated carbocycles. The van der Waals surface area contributed by atoms with Crippen LogP contribution in [0, 0.1) is 18.3 Å². The highest BCUT2D eigenvalue weighted by Gasteiger charge is 2.16. The van der Waals surface area contributed by atoms with Gasteiger partial charge in [-0.2, -0.15) is 5.26 Å². The summed E-state index contributed by atoms with van der Waals surface area (Å²) in [4.78, 5) is 23.4. The summed E-state index contributed by atoms with van der Waals surface area (Å²) in [7, 11) is 1.26. The normalized spacial score (nSPS) is 11.0. The molecule has 7 nitrogen and oxygen atoms in total. The molecule has 0 fully saturated rings. The Bertz CT molecular complexity index is 625. The summed E-state index contributed by atoms with van der Waals surface area (Å²) < 4.78 is 15.1. The fourth-order valence-electron chi connectivity index (χ4n) is 1.80. The number of hydrogen-bond acceptors (Lipinski definition) is 6. The van der Waals surface area contributed by atoms with Crippen LogP contribution in [-0.4, -0.2) is 38.7 Å². The number of amides is 1. The second-order valence-corrected chi connectivity index (χ2v) is 4.59. The minimum Gasteiger partial charge on any atom is -0.465 e. The average molecular weight is 320 g/mol. The molecular weight excluding hydrogens is 300 g/mol. The summed E-state index contributed by atoms with van der Waals surface area (Å²) in [6.07, 6.45) is 1.95. The number of nitriles is 1. The van der Waals surface area contributed by atoms with Gasteiger partial charge in [-0.25, -0.2) is 4.79 Å². The van der Waals surface area contributed by atoms with E-state index >= 15 is 0 Å². The highest BCUT2D eigenvalue weighted by molar-refractivity contribution is 6.01. The molecule has 0 aliphatic carbocycles. The Morgan fingerprint density at radius 2 is 2.22 bits per heavy atom. The topological polar surface area (TPSA) is 102 Å². The number of carbonyl (C=O) groups is 2. The van der Waals surface area contributed by atoms with Crippen LogP contribution in [-0.2, 0) is 14.3 Å². The Hall–Kier alpha value is -2.59. The first kappa shape index (κ1) is 18.5. The largest absolute Gasteiger partial charge is 0.465 e. The fraction of sp³-hybridized carbons (Fsp3) is 0.438. The van der Waals surface area contributed by atoms with E-state index in [0.29, 0.717) is 31.9 Å². The minimum absolute atomic E-state index is 0.105. The van der Waals surface area contributed by atoms with Crippen LogP contribution < -0.4 is 5.32 Å². The molecule has 1 N–H and O–H groups in total. The zero-order valence-electron chi connectivity index (χ0n) is 13.5. The zero-order chi connectivity index (χ0) is 17.2. The highest BCUT2D eigenvalue weighted by Crippen LogP contribution is 2.18. The first-order valence-electron chi connectivity index (χ1n) is 7.20. The Labute approximate surface area is 134 Å². The lowest BCUT2D eigenvalue weighted by Gasteiger charge is -2.04. The molecule has 7 heteroatoms. The predicted molar refractivity (Wildman–Crippen MR) is 82.5 cm³/mol. The van der Waals surface area contributed by atoms with E-state index in [1.54, 1.807) is 6.92 Å². The van der Waals surface area contributed by atoms with Crippen molar-refractivity contribution in [2.45, 2.75) is 20.3 Å². The van der Waals surface area contributed by atoms with E-state index in [4.69, 9.17) is 14.4 Å². The molecule has 0 bridgehead atoms. The van der Waals surface area contributed by atoms with Gasteiger partial charge in [0.1, 0.15) is 28.7 Å². The number of rotatable bonds is 8. The molecule has 23 heavy (non-hydrogen) atoms. The SMILES string of the molecule is CCOCCCNC(=O)/C(C#N)=C/c1cc(C(=O)OC)c(C)o1. The van der Waals surface area contributed by atoms with Gasteiger partial charge in [-0.05, 0) is 26.3 Å². The van der Waals surface area contributed by atoms with Crippen molar-refractivity contribution in [2.75, 3.05) is 26.9 Å². The Balaban J connectivity index is 2.73. The lowest BCUT2D eigenvalue weighted by molar-refractivity contribution is -0.117. The molecule has 0 aliphatic heterocycles. The van der Waals surface area contributed by atoms with Crippen molar-refractivity contribution in [1.82, 2.24) is 5.32 Å². The van der Waals surface area contributed by atoms with Gasteiger partial charge in [0.05, 0.1) is 7.11 Å². The monoisotopic (exact) mass is 320 g/mol. The van der Waals surface area contributed by atoms with Crippen molar-refractivity contribution in [3.63, 3.8) is 0 Å². The zero-order valence-corrected chi connectivity index (χ0v) is 13.5. The van der Waals surface area contributed by atoms with Crippen LogP contribution in [0.15, 0.2) is 16.1 Å². The molecule has 1 heterocycles. The Morgan fingerprint density at radius 3 is 2.83 bits per heavy atom. The Morgan fingerprint density at radius 1 is 1.48 bits per heavy atom. The second-order valence-electron chi connectivity index (χ2n) is 4.59. The lowest BCUT2D eigenvalue weighted by atomic mass is 10.2. The third kappa shape index (κ3) is 5.60. The molecule has 0 unspecified atom stereocenters. The molecule has 1 rings (SSSR count). The standard InChI is InChI=1S/C16H20N2O5/c1-4-22-7-5-6-18-15(19)12(10-17)8-13-9-14(11(2)23-13)16(20)21-3/h8-9H,4-7H2,1-3H3,(H,18,19)/b12-8+. The average Bonchev–Trinajstić information content (AvgIpc) is 2.92. The van der Waals surface area contributed by atoms with E-state index in [2.05, 4.69) is 10.1 Å². The number of nitrogens with zero attached hydrogens (tertiary/aromatic N) is 1. The summed E-state index contributed by atoms with van der Waals surface area (Å²) in [5.41, 5.74) is 0.153. The molecular formula is C16H20N2O5. The minimum atomic E-state index is -0.537. The number of aryl methyl sites for hydroxylation is 1. The van der Waals surface area contributed by atoms with Crippen LogP contribution in [0.5, 0.6) is 0 Å². The summed E-state index contributed by atoms with van der Waals surface area (Å²) in [5, 5.41) is 11.7. The van der Waals surface area contributed by atoms with E-state index in [0.717, 1.165) is 0 Å². The van der Waals surface area contributed by atoms with Gasteiger partial charge in [-0.15, -0.1) is 0 Å². The van der Waals surface area contributed by atoms with E-state index in [9.17, 15) is 9.59 Å². The third-order valence-electron chi connectivity index (χ3n) is 2.95. The van der Waals surface area contributed by atoms with Gasteiger partial charge in [-0.3, -0.25) is 4.79 Å². The Kier molecular flexibility index (Phi) is 7.57. The van der Waals surface area contributed by atoms with Gasteiger partial charge >= 0.3 is 5.97 Å². The maximum Gasteiger partial charge on any atom is 0.341 e. The van der Waals surface area contributed by atoms with Crippen molar-refractivity contribution in [1.29, 1.82) is 5.26 Å². The van der Waals surface area contributed by atoms with Gasteiger partial charge in [0.15, 0.2) is 0 Å². The van der Waals surface area contributed by atoms with Crippen molar-refractivity contribution in [2.24, 2.45) is 0 Å². The predicted octanol–water partition coefficient (Wildman–Crippen LogP) is 1.82. The van der Waals surface area contributed by atoms with Crippen molar-refractivity contribution in [3.05, 3.63) is 28.7 Å². The van der Waals surface area contributed by atoms with Crippen LogP contribution in [0.3, 0.4) is 0 Å². The van der Waals surface area contributed by atoms with Gasteiger partial charge in [-0.1, -0.05) is 0 Å². The fourth-order valence-corrected chi connectivity index (χ4v) is 1.80. The number of methoxy groups -OCH3 is 1. The van der Waals surface area contributed by atoms with E-state index in [-0.39, 0.29) is 16.9 Å². The first-order chi connectivity index (χ1) is 11.0. The third-order valence-corrected chi connectivity index (χ3v) is 2.95. The number of ether oxygens (including phenoxy) is 2. The molecule has 0 aromatic carbocycles. The number of hydrogen-bond donors (Lipinski definition) is 1. The van der Waals surface area contributed by atoms with E-state index in [1.165, 1.54) is 19.3 Å². The van der Waals surface area contributed by atoms with Crippen molar-refractivity contribution < 1.29 is 23.5 Å². The number of carbonyl (C=O) groups excluding carboxylic acids is 2. The maximum atomic E-state index is 11.9. The first-order valence-corrected chi connectivity index (χ1v) is 7.20. The van der Waals surface area contributed by atoms with Crippen LogP contribution in [0.2, 0.25) is 0 Å². The highest BCUT2D eigenvalue weighted by atomic mass is 16.5. The summed E-state index contributed by atoms with van der Waals surface area (Å²) in [5.74, 6) is -0.441. The quantitative estimate of drug-likeness (QED) is 0.339. The molecule has 0 spiro atoms. The van der Waals surface area contributed by atoms with Gasteiger partial charge in [0.2, 0.25) is 0 Å².